The predicted octanol–water partition coefficient (Wildman–Crippen LogP) is 2.92. The Balaban J connectivity index is 2.32. The van der Waals surface area contributed by atoms with Crippen molar-refractivity contribution < 1.29 is 14.4 Å². The first-order valence-electron chi connectivity index (χ1n) is 6.44. The normalized spacial score (nSPS) is 11.2. The number of aryl methyl sites for hydroxylation is 2. The number of amides is 1. The summed E-state index contributed by atoms with van der Waals surface area (Å²) in [4.78, 5) is 16.7. The molecular weight excluding hydrogens is 242 g/mol. The Labute approximate surface area is 115 Å². The van der Waals surface area contributed by atoms with Crippen molar-refractivity contribution >= 4 is 5.91 Å². The first-order chi connectivity index (χ1) is 8.76. The zero-order valence-electron chi connectivity index (χ0n) is 12.4. The van der Waals surface area contributed by atoms with Crippen LogP contribution in [-0.2, 0) is 9.63 Å². The number of rotatable bonds is 5. The topological polar surface area (TPSA) is 47.6 Å². The number of hydrogen-bond donors (Lipinski definition) is 1. The number of hydrogen-bond acceptors (Lipinski definition) is 3. The van der Waals surface area contributed by atoms with Crippen LogP contribution >= 0.6 is 0 Å². The van der Waals surface area contributed by atoms with Gasteiger partial charge in [0.05, 0.1) is 18.6 Å². The summed E-state index contributed by atoms with van der Waals surface area (Å²) in [5.74, 6) is 0.612. The van der Waals surface area contributed by atoms with Crippen molar-refractivity contribution in [3.05, 3.63) is 29.3 Å². The van der Waals surface area contributed by atoms with Gasteiger partial charge in [-0.15, -0.1) is 0 Å². The van der Waals surface area contributed by atoms with Crippen LogP contribution in [-0.4, -0.2) is 18.1 Å². The quantitative estimate of drug-likeness (QED) is 0.833. The van der Waals surface area contributed by atoms with E-state index in [0.29, 0.717) is 6.61 Å². The predicted molar refractivity (Wildman–Crippen MR) is 75.0 cm³/mol. The zero-order valence-corrected chi connectivity index (χ0v) is 12.4. The molecule has 106 valence electrons. The Hall–Kier alpha value is -1.55. The monoisotopic (exact) mass is 265 g/mol. The van der Waals surface area contributed by atoms with Gasteiger partial charge in [-0.1, -0.05) is 6.07 Å². The van der Waals surface area contributed by atoms with Crippen LogP contribution in [0.15, 0.2) is 18.2 Å². The highest BCUT2D eigenvalue weighted by Crippen LogP contribution is 2.16. The number of nitrogens with one attached hydrogen (secondary N) is 1. The summed E-state index contributed by atoms with van der Waals surface area (Å²) in [6, 6.07) is 5.99. The number of carbonyl (C=O) groups excluding carboxylic acids is 1. The lowest BCUT2D eigenvalue weighted by Crippen LogP contribution is -2.34. The van der Waals surface area contributed by atoms with Gasteiger partial charge in [0.15, 0.2) is 0 Å². The smallest absolute Gasteiger partial charge is 0.246 e. The molecule has 4 heteroatoms. The molecule has 1 N–H and O–H groups in total. The summed E-state index contributed by atoms with van der Waals surface area (Å²) in [5.41, 5.74) is 4.33. The third-order valence-electron chi connectivity index (χ3n) is 2.26. The van der Waals surface area contributed by atoms with Crippen molar-refractivity contribution in [1.82, 2.24) is 5.48 Å². The van der Waals surface area contributed by atoms with Crippen molar-refractivity contribution in [3.8, 4) is 5.75 Å². The molecule has 0 aliphatic heterocycles. The van der Waals surface area contributed by atoms with Crippen LogP contribution in [0.3, 0.4) is 0 Å². The fourth-order valence-electron chi connectivity index (χ4n) is 1.54. The fourth-order valence-corrected chi connectivity index (χ4v) is 1.54. The highest BCUT2D eigenvalue weighted by molar-refractivity contribution is 5.74. The number of benzene rings is 1. The Morgan fingerprint density at radius 3 is 2.26 bits per heavy atom. The molecule has 4 nitrogen and oxygen atoms in total. The lowest BCUT2D eigenvalue weighted by molar-refractivity contribution is -0.146. The molecule has 1 aromatic rings. The second kappa shape index (κ2) is 6.57. The van der Waals surface area contributed by atoms with E-state index in [1.165, 1.54) is 0 Å². The minimum absolute atomic E-state index is 0.181. The maximum atomic E-state index is 11.5. The maximum absolute atomic E-state index is 11.5. The molecule has 1 amide bonds. The third-order valence-corrected chi connectivity index (χ3v) is 2.26. The molecule has 1 rings (SSSR count). The molecule has 0 saturated heterocycles. The summed E-state index contributed by atoms with van der Waals surface area (Å²) in [7, 11) is 0. The second-order valence-corrected chi connectivity index (χ2v) is 5.66. The van der Waals surface area contributed by atoms with Gasteiger partial charge >= 0.3 is 0 Å². The van der Waals surface area contributed by atoms with Crippen LogP contribution in [0.1, 0.15) is 38.3 Å². The minimum Gasteiger partial charge on any atom is -0.493 e. The average Bonchev–Trinajstić information content (AvgIpc) is 2.24. The Morgan fingerprint density at radius 2 is 1.74 bits per heavy atom. The summed E-state index contributed by atoms with van der Waals surface area (Å²) in [5, 5.41) is 0. The Bertz CT molecular complexity index is 415. The van der Waals surface area contributed by atoms with Gasteiger partial charge in [-0.3, -0.25) is 9.63 Å². The molecule has 0 atom stereocenters. The minimum atomic E-state index is -0.385. The fraction of sp³-hybridized carbons (Fsp3) is 0.533. The summed E-state index contributed by atoms with van der Waals surface area (Å²) >= 11 is 0. The zero-order chi connectivity index (χ0) is 14.5. The molecule has 19 heavy (non-hydrogen) atoms. The van der Waals surface area contributed by atoms with E-state index in [0.717, 1.165) is 16.9 Å². The first-order valence-corrected chi connectivity index (χ1v) is 6.44. The standard InChI is InChI=1S/C15H23NO3/c1-11-8-12(2)10-13(9-11)18-7-6-14(17)16-19-15(3,4)5/h8-10H,6-7H2,1-5H3,(H,16,17). The number of carbonyl (C=O) groups is 1. The molecule has 0 bridgehead atoms. The molecule has 0 aliphatic carbocycles. The van der Waals surface area contributed by atoms with Crippen molar-refractivity contribution in [1.29, 1.82) is 0 Å². The van der Waals surface area contributed by atoms with Crippen LogP contribution in [0.25, 0.3) is 0 Å². The SMILES string of the molecule is Cc1cc(C)cc(OCCC(=O)NOC(C)(C)C)c1. The highest BCUT2D eigenvalue weighted by atomic mass is 16.7. The highest BCUT2D eigenvalue weighted by Gasteiger charge is 2.12. The molecule has 0 fully saturated rings. The molecule has 0 radical (unpaired) electrons. The van der Waals surface area contributed by atoms with Crippen molar-refractivity contribution in [2.45, 2.75) is 46.6 Å². The van der Waals surface area contributed by atoms with E-state index in [-0.39, 0.29) is 17.9 Å². The van der Waals surface area contributed by atoms with E-state index in [4.69, 9.17) is 9.57 Å². The van der Waals surface area contributed by atoms with Crippen LogP contribution in [0, 0.1) is 13.8 Å². The van der Waals surface area contributed by atoms with E-state index in [2.05, 4.69) is 11.5 Å². The van der Waals surface area contributed by atoms with Gasteiger partial charge in [-0.25, -0.2) is 5.48 Å². The van der Waals surface area contributed by atoms with Gasteiger partial charge in [0.25, 0.3) is 0 Å². The summed E-state index contributed by atoms with van der Waals surface area (Å²) in [6.45, 7) is 9.99. The van der Waals surface area contributed by atoms with Crippen LogP contribution < -0.4 is 10.2 Å². The molecule has 0 unspecified atom stereocenters. The largest absolute Gasteiger partial charge is 0.493 e. The first kappa shape index (κ1) is 15.5. The third kappa shape index (κ3) is 6.82. The van der Waals surface area contributed by atoms with Crippen LogP contribution in [0.2, 0.25) is 0 Å². The lowest BCUT2D eigenvalue weighted by atomic mass is 10.1. The van der Waals surface area contributed by atoms with Gasteiger partial charge in [-0.2, -0.15) is 0 Å². The van der Waals surface area contributed by atoms with Gasteiger partial charge in [-0.05, 0) is 57.9 Å². The average molecular weight is 265 g/mol. The Kier molecular flexibility index (Phi) is 5.36. The van der Waals surface area contributed by atoms with E-state index in [1.807, 2.05) is 46.8 Å². The summed E-state index contributed by atoms with van der Waals surface area (Å²) < 4.78 is 5.55. The van der Waals surface area contributed by atoms with Crippen molar-refractivity contribution in [2.24, 2.45) is 0 Å². The van der Waals surface area contributed by atoms with Gasteiger partial charge < -0.3 is 4.74 Å². The second-order valence-electron chi connectivity index (χ2n) is 5.66. The van der Waals surface area contributed by atoms with Crippen LogP contribution in [0.5, 0.6) is 5.75 Å². The van der Waals surface area contributed by atoms with Gasteiger partial charge in [0, 0.05) is 0 Å². The molecular formula is C15H23NO3. The molecule has 0 aromatic heterocycles. The molecule has 0 spiro atoms. The van der Waals surface area contributed by atoms with Crippen molar-refractivity contribution in [3.63, 3.8) is 0 Å². The lowest BCUT2D eigenvalue weighted by Gasteiger charge is -2.18. The van der Waals surface area contributed by atoms with E-state index in [1.54, 1.807) is 0 Å². The Morgan fingerprint density at radius 1 is 1.16 bits per heavy atom. The van der Waals surface area contributed by atoms with Crippen LogP contribution in [0.4, 0.5) is 0 Å². The van der Waals surface area contributed by atoms with Gasteiger partial charge in [0.1, 0.15) is 5.75 Å². The molecule has 0 saturated carbocycles. The molecule has 0 aliphatic rings. The molecule has 0 heterocycles. The van der Waals surface area contributed by atoms with Gasteiger partial charge in [0.2, 0.25) is 5.91 Å². The van der Waals surface area contributed by atoms with Crippen molar-refractivity contribution in [2.75, 3.05) is 6.61 Å². The maximum Gasteiger partial charge on any atom is 0.246 e. The number of hydroxylamine groups is 1. The summed E-state index contributed by atoms with van der Waals surface area (Å²) in [6.07, 6.45) is 0.267. The molecule has 1 aromatic carbocycles. The van der Waals surface area contributed by atoms with E-state index < -0.39 is 0 Å². The van der Waals surface area contributed by atoms with E-state index in [9.17, 15) is 4.79 Å². The van der Waals surface area contributed by atoms with E-state index >= 15 is 0 Å². The number of ether oxygens (including phenoxy) is 1.